The number of hydrogen-bond acceptors (Lipinski definition) is 2. The molecule has 1 rings (SSSR count). The van der Waals surface area contributed by atoms with Crippen molar-refractivity contribution < 1.29 is 0 Å². The first-order valence-corrected chi connectivity index (χ1v) is 5.07. The van der Waals surface area contributed by atoms with Crippen LogP contribution in [0.15, 0.2) is 37.1 Å². The predicted molar refractivity (Wildman–Crippen MR) is 60.2 cm³/mol. The molecule has 76 valence electrons. The summed E-state index contributed by atoms with van der Waals surface area (Å²) in [6.07, 6.45) is 5.78. The fourth-order valence-electron chi connectivity index (χ4n) is 1.33. The zero-order valence-corrected chi connectivity index (χ0v) is 8.74. The number of nitrogens with zero attached hydrogens (tertiary/aromatic N) is 1. The van der Waals surface area contributed by atoms with E-state index in [9.17, 15) is 0 Å². The highest BCUT2D eigenvalue weighted by molar-refractivity contribution is 5.03. The summed E-state index contributed by atoms with van der Waals surface area (Å²) in [5.41, 5.74) is 1.14. The molecular formula is C12H18N2. The molecule has 0 aliphatic carbocycles. The van der Waals surface area contributed by atoms with Gasteiger partial charge in [0.05, 0.1) is 0 Å². The van der Waals surface area contributed by atoms with Crippen LogP contribution in [0.3, 0.4) is 0 Å². The molecule has 1 heterocycles. The Kier molecular flexibility index (Phi) is 4.94. The van der Waals surface area contributed by atoms with Gasteiger partial charge in [0.15, 0.2) is 0 Å². The SMILES string of the molecule is C=CCC(C)NCCc1ccccn1. The zero-order chi connectivity index (χ0) is 10.2. The van der Waals surface area contributed by atoms with Gasteiger partial charge in [0, 0.05) is 30.9 Å². The van der Waals surface area contributed by atoms with Gasteiger partial charge in [-0.1, -0.05) is 12.1 Å². The lowest BCUT2D eigenvalue weighted by atomic mass is 10.2. The number of rotatable bonds is 6. The second kappa shape index (κ2) is 6.33. The molecule has 0 aliphatic heterocycles. The van der Waals surface area contributed by atoms with E-state index in [0.717, 1.165) is 25.1 Å². The lowest BCUT2D eigenvalue weighted by Gasteiger charge is -2.10. The lowest BCUT2D eigenvalue weighted by Crippen LogP contribution is -2.27. The van der Waals surface area contributed by atoms with E-state index < -0.39 is 0 Å². The Morgan fingerprint density at radius 2 is 2.43 bits per heavy atom. The minimum absolute atomic E-state index is 0.510. The first-order chi connectivity index (χ1) is 6.83. The van der Waals surface area contributed by atoms with Gasteiger partial charge in [-0.05, 0) is 25.5 Å². The Labute approximate surface area is 86.1 Å². The van der Waals surface area contributed by atoms with Crippen molar-refractivity contribution in [3.63, 3.8) is 0 Å². The van der Waals surface area contributed by atoms with Gasteiger partial charge in [-0.15, -0.1) is 6.58 Å². The largest absolute Gasteiger partial charge is 0.314 e. The first-order valence-electron chi connectivity index (χ1n) is 5.07. The molecule has 0 aliphatic rings. The van der Waals surface area contributed by atoms with Crippen LogP contribution in [0, 0.1) is 0 Å². The summed E-state index contributed by atoms with van der Waals surface area (Å²) in [6, 6.07) is 6.53. The third-order valence-corrected chi connectivity index (χ3v) is 2.12. The molecule has 0 fully saturated rings. The van der Waals surface area contributed by atoms with Gasteiger partial charge in [0.25, 0.3) is 0 Å². The van der Waals surface area contributed by atoms with Gasteiger partial charge in [-0.3, -0.25) is 4.98 Å². The average molecular weight is 190 g/mol. The van der Waals surface area contributed by atoms with Crippen LogP contribution in [0.5, 0.6) is 0 Å². The van der Waals surface area contributed by atoms with Gasteiger partial charge in [0.2, 0.25) is 0 Å². The van der Waals surface area contributed by atoms with Crippen LogP contribution in [0.1, 0.15) is 19.0 Å². The van der Waals surface area contributed by atoms with Gasteiger partial charge < -0.3 is 5.32 Å². The number of pyridine rings is 1. The van der Waals surface area contributed by atoms with E-state index in [1.165, 1.54) is 0 Å². The van der Waals surface area contributed by atoms with Crippen molar-refractivity contribution in [2.45, 2.75) is 25.8 Å². The Balaban J connectivity index is 2.18. The highest BCUT2D eigenvalue weighted by atomic mass is 14.9. The molecule has 0 bridgehead atoms. The van der Waals surface area contributed by atoms with Crippen LogP contribution in [-0.2, 0) is 6.42 Å². The van der Waals surface area contributed by atoms with Crippen molar-refractivity contribution in [1.29, 1.82) is 0 Å². The van der Waals surface area contributed by atoms with Crippen molar-refractivity contribution in [2.75, 3.05) is 6.54 Å². The molecule has 0 radical (unpaired) electrons. The molecule has 0 saturated heterocycles. The molecule has 0 saturated carbocycles. The maximum atomic E-state index is 4.26. The van der Waals surface area contributed by atoms with Crippen molar-refractivity contribution in [1.82, 2.24) is 10.3 Å². The fourth-order valence-corrected chi connectivity index (χ4v) is 1.33. The van der Waals surface area contributed by atoms with Crippen molar-refractivity contribution in [3.8, 4) is 0 Å². The smallest absolute Gasteiger partial charge is 0.0416 e. The summed E-state index contributed by atoms with van der Waals surface area (Å²) in [6.45, 7) is 6.86. The Morgan fingerprint density at radius 1 is 1.57 bits per heavy atom. The molecule has 1 aromatic heterocycles. The van der Waals surface area contributed by atoms with Crippen LogP contribution in [0.25, 0.3) is 0 Å². The number of aromatic nitrogens is 1. The minimum Gasteiger partial charge on any atom is -0.314 e. The molecule has 14 heavy (non-hydrogen) atoms. The highest BCUT2D eigenvalue weighted by Gasteiger charge is 1.98. The summed E-state index contributed by atoms with van der Waals surface area (Å²) in [5.74, 6) is 0. The number of nitrogens with one attached hydrogen (secondary N) is 1. The van der Waals surface area contributed by atoms with Crippen LogP contribution >= 0.6 is 0 Å². The lowest BCUT2D eigenvalue weighted by molar-refractivity contribution is 0.554. The van der Waals surface area contributed by atoms with Crippen LogP contribution in [0.4, 0.5) is 0 Å². The highest BCUT2D eigenvalue weighted by Crippen LogP contribution is 1.95. The molecular weight excluding hydrogens is 172 g/mol. The summed E-state index contributed by atoms with van der Waals surface area (Å²) >= 11 is 0. The molecule has 1 aromatic rings. The summed E-state index contributed by atoms with van der Waals surface area (Å²) in [5, 5.41) is 3.42. The van der Waals surface area contributed by atoms with Gasteiger partial charge >= 0.3 is 0 Å². The zero-order valence-electron chi connectivity index (χ0n) is 8.74. The van der Waals surface area contributed by atoms with E-state index in [0.29, 0.717) is 6.04 Å². The monoisotopic (exact) mass is 190 g/mol. The fraction of sp³-hybridized carbons (Fsp3) is 0.417. The quantitative estimate of drug-likeness (QED) is 0.695. The topological polar surface area (TPSA) is 24.9 Å². The van der Waals surface area contributed by atoms with Crippen LogP contribution < -0.4 is 5.32 Å². The first kappa shape index (κ1) is 10.9. The van der Waals surface area contributed by atoms with E-state index in [-0.39, 0.29) is 0 Å². The average Bonchev–Trinajstić information content (AvgIpc) is 2.20. The Bertz CT molecular complexity index is 256. The molecule has 1 atom stereocenters. The van der Waals surface area contributed by atoms with Gasteiger partial charge in [-0.2, -0.15) is 0 Å². The summed E-state index contributed by atoms with van der Waals surface area (Å²) < 4.78 is 0. The molecule has 0 amide bonds. The minimum atomic E-state index is 0.510. The number of hydrogen-bond donors (Lipinski definition) is 1. The van der Waals surface area contributed by atoms with Crippen molar-refractivity contribution in [3.05, 3.63) is 42.7 Å². The Morgan fingerprint density at radius 3 is 3.07 bits per heavy atom. The summed E-state index contributed by atoms with van der Waals surface area (Å²) in [7, 11) is 0. The molecule has 1 unspecified atom stereocenters. The predicted octanol–water partition coefficient (Wildman–Crippen LogP) is 2.18. The molecule has 0 aromatic carbocycles. The summed E-state index contributed by atoms with van der Waals surface area (Å²) in [4.78, 5) is 4.26. The second-order valence-electron chi connectivity index (χ2n) is 3.45. The maximum Gasteiger partial charge on any atom is 0.0416 e. The van der Waals surface area contributed by atoms with E-state index in [1.807, 2.05) is 24.4 Å². The standard InChI is InChI=1S/C12H18N2/c1-3-6-11(2)13-10-8-12-7-4-5-9-14-12/h3-5,7,9,11,13H,1,6,8,10H2,2H3. The third-order valence-electron chi connectivity index (χ3n) is 2.12. The van der Waals surface area contributed by atoms with Crippen molar-refractivity contribution in [2.24, 2.45) is 0 Å². The van der Waals surface area contributed by atoms with E-state index in [4.69, 9.17) is 0 Å². The molecule has 0 spiro atoms. The van der Waals surface area contributed by atoms with Crippen LogP contribution in [0.2, 0.25) is 0 Å². The third kappa shape index (κ3) is 4.19. The maximum absolute atomic E-state index is 4.26. The molecule has 1 N–H and O–H groups in total. The molecule has 2 heteroatoms. The van der Waals surface area contributed by atoms with E-state index in [2.05, 4.69) is 29.9 Å². The van der Waals surface area contributed by atoms with E-state index >= 15 is 0 Å². The Hall–Kier alpha value is -1.15. The molecule has 2 nitrogen and oxygen atoms in total. The normalized spacial score (nSPS) is 12.4. The van der Waals surface area contributed by atoms with Crippen molar-refractivity contribution >= 4 is 0 Å². The van der Waals surface area contributed by atoms with E-state index in [1.54, 1.807) is 0 Å². The van der Waals surface area contributed by atoms with Gasteiger partial charge in [0.1, 0.15) is 0 Å². The van der Waals surface area contributed by atoms with Crippen LogP contribution in [-0.4, -0.2) is 17.6 Å². The van der Waals surface area contributed by atoms with Gasteiger partial charge in [-0.25, -0.2) is 0 Å². The second-order valence-corrected chi connectivity index (χ2v) is 3.45.